The fourth-order valence-electron chi connectivity index (χ4n) is 7.13. The van der Waals surface area contributed by atoms with E-state index in [1.807, 2.05) is 75.5 Å². The molecule has 0 bridgehead atoms. The van der Waals surface area contributed by atoms with Crippen molar-refractivity contribution in [1.29, 1.82) is 0 Å². The fraction of sp³-hybridized carbons (Fsp3) is 0.500. The Balaban J connectivity index is 1.91. The van der Waals surface area contributed by atoms with Crippen LogP contribution in [-0.2, 0) is 19.1 Å². The normalized spacial score (nSPS) is 21.9. The summed E-state index contributed by atoms with van der Waals surface area (Å²) in [6, 6.07) is 0. The SMILES string of the molecule is CCCCCCCCCC(=O)OC1CC(C)(C)C(/C=C/C(C)=C/C=C/C(C)=C/C=C/C=C(C)/C=C/C=C(C)/C=C/C2=C(C)C(=O)C(O)CC2(C)C)=C(C)C1=O. The molecule has 2 rings (SSSR count). The average Bonchev–Trinajstić information content (AvgIpc) is 3.10. The zero-order valence-electron chi connectivity index (χ0n) is 35.9. The third kappa shape index (κ3) is 16.3. The van der Waals surface area contributed by atoms with Gasteiger partial charge in [-0.3, -0.25) is 14.4 Å². The Morgan fingerprint density at radius 1 is 0.636 bits per heavy atom. The maximum absolute atomic E-state index is 13.2. The molecule has 0 saturated carbocycles. The van der Waals surface area contributed by atoms with Crippen molar-refractivity contribution in [3.05, 3.63) is 130 Å². The number of rotatable bonds is 19. The second kappa shape index (κ2) is 23.1. The summed E-state index contributed by atoms with van der Waals surface area (Å²) in [7, 11) is 0. The third-order valence-corrected chi connectivity index (χ3v) is 10.5. The second-order valence-electron chi connectivity index (χ2n) is 16.8. The van der Waals surface area contributed by atoms with E-state index < -0.39 is 12.2 Å². The lowest BCUT2D eigenvalue weighted by Gasteiger charge is -2.36. The van der Waals surface area contributed by atoms with Gasteiger partial charge < -0.3 is 9.84 Å². The molecule has 2 aliphatic carbocycles. The summed E-state index contributed by atoms with van der Waals surface area (Å²) in [6.45, 7) is 22.4. The highest BCUT2D eigenvalue weighted by molar-refractivity contribution is 6.02. The number of aliphatic hydroxyl groups is 1. The number of carbonyl (C=O) groups excluding carboxylic acids is 3. The van der Waals surface area contributed by atoms with E-state index in [0.29, 0.717) is 30.4 Å². The molecule has 0 amide bonds. The summed E-state index contributed by atoms with van der Waals surface area (Å²) in [5.74, 6) is -0.529. The minimum absolute atomic E-state index is 0.0888. The highest BCUT2D eigenvalue weighted by Gasteiger charge is 2.40. The Morgan fingerprint density at radius 3 is 1.56 bits per heavy atom. The van der Waals surface area contributed by atoms with Crippen LogP contribution in [0.25, 0.3) is 0 Å². The number of Topliss-reactive ketones (excluding diaryl/α,β-unsaturated/α-hetero) is 2. The average molecular weight is 751 g/mol. The van der Waals surface area contributed by atoms with E-state index in [4.69, 9.17) is 4.74 Å². The predicted octanol–water partition coefficient (Wildman–Crippen LogP) is 12.6. The number of unbranched alkanes of at least 4 members (excludes halogenated alkanes) is 6. The highest BCUT2D eigenvalue weighted by Crippen LogP contribution is 2.41. The van der Waals surface area contributed by atoms with Crippen LogP contribution in [0.5, 0.6) is 0 Å². The van der Waals surface area contributed by atoms with E-state index in [1.165, 1.54) is 25.7 Å². The monoisotopic (exact) mass is 751 g/mol. The standard InChI is InChI=1S/C50H70O5/c1-12-13-14-15-16-17-18-29-46(52)55-45-35-50(10,11)43(41(7)48(45)54)33-31-39(5)28-22-26-37(3)24-20-19-23-36(2)25-21-27-38(4)30-32-42-40(6)47(53)44(51)34-49(42,8)9/h19-28,30-33,44-45,51H,12-18,29,34-35H2,1-11H3/b20-19+,25-21+,26-22+,32-30+,33-31+,36-23+,37-24+,38-27+,39-28+. The van der Waals surface area contributed by atoms with E-state index in [-0.39, 0.29) is 28.4 Å². The first-order valence-electron chi connectivity index (χ1n) is 20.4. The molecule has 0 aliphatic heterocycles. The highest BCUT2D eigenvalue weighted by atomic mass is 16.5. The smallest absolute Gasteiger partial charge is 0.306 e. The van der Waals surface area contributed by atoms with Crippen molar-refractivity contribution in [3.8, 4) is 0 Å². The van der Waals surface area contributed by atoms with Crippen LogP contribution in [-0.4, -0.2) is 34.9 Å². The summed E-state index contributed by atoms with van der Waals surface area (Å²) >= 11 is 0. The van der Waals surface area contributed by atoms with Crippen LogP contribution in [0, 0.1) is 10.8 Å². The number of esters is 1. The van der Waals surface area contributed by atoms with Gasteiger partial charge in [0.25, 0.3) is 0 Å². The maximum Gasteiger partial charge on any atom is 0.306 e. The minimum atomic E-state index is -0.912. The first kappa shape index (κ1) is 47.1. The summed E-state index contributed by atoms with van der Waals surface area (Å²) in [5.41, 5.74) is 7.11. The van der Waals surface area contributed by atoms with Gasteiger partial charge in [0.1, 0.15) is 6.10 Å². The molecule has 2 atom stereocenters. The number of ether oxygens (including phenoxy) is 1. The molecule has 5 nitrogen and oxygen atoms in total. The molecular formula is C50H70O5. The number of hydrogen-bond donors (Lipinski definition) is 1. The Hall–Kier alpha value is -4.09. The third-order valence-electron chi connectivity index (χ3n) is 10.5. The van der Waals surface area contributed by atoms with Crippen molar-refractivity contribution in [2.24, 2.45) is 10.8 Å². The minimum Gasteiger partial charge on any atom is -0.454 e. The lowest BCUT2D eigenvalue weighted by Crippen LogP contribution is -2.39. The number of hydrogen-bond acceptors (Lipinski definition) is 5. The molecule has 0 aromatic heterocycles. The van der Waals surface area contributed by atoms with Gasteiger partial charge in [-0.1, -0.05) is 181 Å². The first-order chi connectivity index (χ1) is 25.9. The molecule has 0 aromatic rings. The predicted molar refractivity (Wildman–Crippen MR) is 231 cm³/mol. The molecule has 1 N–H and O–H groups in total. The van der Waals surface area contributed by atoms with Gasteiger partial charge >= 0.3 is 5.97 Å². The van der Waals surface area contributed by atoms with E-state index in [9.17, 15) is 19.5 Å². The van der Waals surface area contributed by atoms with Gasteiger partial charge in [0.2, 0.25) is 0 Å². The second-order valence-corrected chi connectivity index (χ2v) is 16.8. The Kier molecular flexibility index (Phi) is 19.8. The lowest BCUT2D eigenvalue weighted by molar-refractivity contribution is -0.156. The van der Waals surface area contributed by atoms with Gasteiger partial charge in [-0.2, -0.15) is 0 Å². The summed E-state index contributed by atoms with van der Waals surface area (Å²) in [5, 5.41) is 10.1. The zero-order chi connectivity index (χ0) is 41.2. The fourth-order valence-corrected chi connectivity index (χ4v) is 7.13. The molecule has 0 heterocycles. The Morgan fingerprint density at radius 2 is 1.05 bits per heavy atom. The van der Waals surface area contributed by atoms with Crippen molar-refractivity contribution in [2.45, 2.75) is 153 Å². The zero-order valence-corrected chi connectivity index (χ0v) is 35.9. The molecule has 300 valence electrons. The van der Waals surface area contributed by atoms with Gasteiger partial charge in [0.15, 0.2) is 17.7 Å². The molecule has 0 spiro atoms. The summed E-state index contributed by atoms with van der Waals surface area (Å²) in [6.07, 6.45) is 36.2. The number of ketones is 2. The van der Waals surface area contributed by atoms with Crippen LogP contribution < -0.4 is 0 Å². The van der Waals surface area contributed by atoms with Crippen LogP contribution in [0.1, 0.15) is 140 Å². The molecule has 55 heavy (non-hydrogen) atoms. The van der Waals surface area contributed by atoms with Crippen LogP contribution in [0.2, 0.25) is 0 Å². The number of carbonyl (C=O) groups is 3. The quantitative estimate of drug-likeness (QED) is 0.0808. The van der Waals surface area contributed by atoms with Crippen molar-refractivity contribution < 1.29 is 24.2 Å². The summed E-state index contributed by atoms with van der Waals surface area (Å²) in [4.78, 5) is 38.1. The van der Waals surface area contributed by atoms with E-state index in [1.54, 1.807) is 6.92 Å². The van der Waals surface area contributed by atoms with E-state index >= 15 is 0 Å². The Labute approximate surface area is 333 Å². The van der Waals surface area contributed by atoms with E-state index in [2.05, 4.69) is 78.8 Å². The van der Waals surface area contributed by atoms with Crippen molar-refractivity contribution in [1.82, 2.24) is 0 Å². The molecule has 0 saturated heterocycles. The molecule has 2 unspecified atom stereocenters. The first-order valence-corrected chi connectivity index (χ1v) is 20.4. The van der Waals surface area contributed by atoms with Gasteiger partial charge in [-0.25, -0.2) is 0 Å². The van der Waals surface area contributed by atoms with Crippen LogP contribution in [0.3, 0.4) is 0 Å². The van der Waals surface area contributed by atoms with Crippen molar-refractivity contribution in [2.75, 3.05) is 0 Å². The van der Waals surface area contributed by atoms with Gasteiger partial charge in [-0.15, -0.1) is 0 Å². The molecule has 0 radical (unpaired) electrons. The molecular weight excluding hydrogens is 681 g/mol. The van der Waals surface area contributed by atoms with E-state index in [0.717, 1.165) is 52.7 Å². The van der Waals surface area contributed by atoms with Gasteiger partial charge in [-0.05, 0) is 87.5 Å². The van der Waals surface area contributed by atoms with Crippen molar-refractivity contribution >= 4 is 17.5 Å². The maximum atomic E-state index is 13.2. The number of allylic oxidation sites excluding steroid dienone is 20. The van der Waals surface area contributed by atoms with Crippen LogP contribution in [0.15, 0.2) is 130 Å². The molecule has 5 heteroatoms. The molecule has 0 fully saturated rings. The number of aliphatic hydroxyl groups excluding tert-OH is 1. The largest absolute Gasteiger partial charge is 0.454 e. The van der Waals surface area contributed by atoms with Crippen molar-refractivity contribution in [3.63, 3.8) is 0 Å². The van der Waals surface area contributed by atoms with Gasteiger partial charge in [0.05, 0.1) is 0 Å². The van der Waals surface area contributed by atoms with Crippen LogP contribution in [0.4, 0.5) is 0 Å². The lowest BCUT2D eigenvalue weighted by atomic mass is 9.71. The van der Waals surface area contributed by atoms with Gasteiger partial charge in [0, 0.05) is 12.8 Å². The van der Waals surface area contributed by atoms with Crippen LogP contribution >= 0.6 is 0 Å². The molecule has 2 aliphatic rings. The topological polar surface area (TPSA) is 80.7 Å². The summed E-state index contributed by atoms with van der Waals surface area (Å²) < 4.78 is 5.71. The molecule has 0 aromatic carbocycles. The Bertz CT molecular complexity index is 1700.